The lowest BCUT2D eigenvalue weighted by atomic mass is 10.1. The Labute approximate surface area is 119 Å². The van der Waals surface area contributed by atoms with Crippen molar-refractivity contribution in [3.63, 3.8) is 0 Å². The van der Waals surface area contributed by atoms with E-state index in [1.807, 2.05) is 11.8 Å². The highest BCUT2D eigenvalue weighted by Crippen LogP contribution is 2.10. The van der Waals surface area contributed by atoms with Gasteiger partial charge in [0.15, 0.2) is 0 Å². The molecule has 1 atom stereocenters. The second-order valence-corrected chi connectivity index (χ2v) is 6.07. The summed E-state index contributed by atoms with van der Waals surface area (Å²) in [4.78, 5) is 2.55. The Hall–Kier alpha value is 0.270. The van der Waals surface area contributed by atoms with Gasteiger partial charge in [0.1, 0.15) is 0 Å². The van der Waals surface area contributed by atoms with E-state index in [1.54, 1.807) is 0 Å². The van der Waals surface area contributed by atoms with Gasteiger partial charge in [0.05, 0.1) is 0 Å². The van der Waals surface area contributed by atoms with Crippen LogP contribution in [0.3, 0.4) is 0 Å². The van der Waals surface area contributed by atoms with Gasteiger partial charge in [-0.1, -0.05) is 26.7 Å². The van der Waals surface area contributed by atoms with Crippen LogP contribution in [0, 0.1) is 0 Å². The fourth-order valence-corrected chi connectivity index (χ4v) is 3.07. The molecule has 0 heterocycles. The van der Waals surface area contributed by atoms with E-state index in [0.717, 1.165) is 6.04 Å². The van der Waals surface area contributed by atoms with Crippen molar-refractivity contribution in [3.05, 3.63) is 0 Å². The molecule has 2 nitrogen and oxygen atoms in total. The number of hydrogen-bond acceptors (Lipinski definition) is 3. The van der Waals surface area contributed by atoms with Gasteiger partial charge in [0.25, 0.3) is 0 Å². The predicted molar refractivity (Wildman–Crippen MR) is 86.7 cm³/mol. The zero-order valence-corrected chi connectivity index (χ0v) is 13.8. The van der Waals surface area contributed by atoms with Gasteiger partial charge < -0.3 is 10.2 Å². The van der Waals surface area contributed by atoms with Crippen molar-refractivity contribution in [2.24, 2.45) is 0 Å². The van der Waals surface area contributed by atoms with Crippen LogP contribution in [0.5, 0.6) is 0 Å². The molecule has 0 amide bonds. The van der Waals surface area contributed by atoms with Crippen LogP contribution < -0.4 is 5.32 Å². The van der Waals surface area contributed by atoms with Gasteiger partial charge in [-0.2, -0.15) is 11.8 Å². The summed E-state index contributed by atoms with van der Waals surface area (Å²) in [6.07, 6.45) is 10.2. The maximum atomic E-state index is 3.47. The lowest BCUT2D eigenvalue weighted by Crippen LogP contribution is -2.33. The number of unbranched alkanes of at least 4 members (excludes halogenated alkanes) is 3. The van der Waals surface area contributed by atoms with E-state index >= 15 is 0 Å². The summed E-state index contributed by atoms with van der Waals surface area (Å²) in [5, 5.41) is 3.47. The zero-order chi connectivity index (χ0) is 13.6. The molecule has 0 saturated carbocycles. The topological polar surface area (TPSA) is 15.3 Å². The normalized spacial score (nSPS) is 13.2. The maximum absolute atomic E-state index is 3.47. The molecule has 1 unspecified atom stereocenters. The van der Waals surface area contributed by atoms with E-state index in [9.17, 15) is 0 Å². The van der Waals surface area contributed by atoms with E-state index in [-0.39, 0.29) is 0 Å². The monoisotopic (exact) mass is 274 g/mol. The molecular weight excluding hydrogens is 240 g/mol. The van der Waals surface area contributed by atoms with Crippen LogP contribution in [-0.4, -0.2) is 49.6 Å². The van der Waals surface area contributed by atoms with Crippen LogP contribution in [0.25, 0.3) is 0 Å². The van der Waals surface area contributed by atoms with E-state index < -0.39 is 0 Å². The van der Waals surface area contributed by atoms with Crippen LogP contribution in [0.2, 0.25) is 0 Å². The lowest BCUT2D eigenvalue weighted by Gasteiger charge is -2.26. The van der Waals surface area contributed by atoms with Crippen molar-refractivity contribution in [3.8, 4) is 0 Å². The van der Waals surface area contributed by atoms with E-state index in [0.29, 0.717) is 0 Å². The van der Waals surface area contributed by atoms with Gasteiger partial charge in [-0.15, -0.1) is 0 Å². The van der Waals surface area contributed by atoms with Gasteiger partial charge in [-0.25, -0.2) is 0 Å². The van der Waals surface area contributed by atoms with E-state index in [4.69, 9.17) is 0 Å². The molecule has 18 heavy (non-hydrogen) atoms. The summed E-state index contributed by atoms with van der Waals surface area (Å²) in [5.74, 6) is 1.27. The molecule has 0 rings (SSSR count). The van der Waals surface area contributed by atoms with Gasteiger partial charge in [0, 0.05) is 11.8 Å². The van der Waals surface area contributed by atoms with E-state index in [2.05, 4.69) is 37.4 Å². The fourth-order valence-electron chi connectivity index (χ4n) is 2.20. The first-order chi connectivity index (χ1) is 8.76. The van der Waals surface area contributed by atoms with Gasteiger partial charge in [0.2, 0.25) is 0 Å². The Morgan fingerprint density at radius 2 is 1.78 bits per heavy atom. The molecule has 0 aromatic carbocycles. The average molecular weight is 275 g/mol. The third-order valence-electron chi connectivity index (χ3n) is 3.49. The second-order valence-electron chi connectivity index (χ2n) is 5.16. The number of rotatable bonds is 13. The first kappa shape index (κ1) is 18.3. The summed E-state index contributed by atoms with van der Waals surface area (Å²) in [6.45, 7) is 8.17. The van der Waals surface area contributed by atoms with Crippen molar-refractivity contribution in [1.29, 1.82) is 0 Å². The Morgan fingerprint density at radius 3 is 2.39 bits per heavy atom. The first-order valence-electron chi connectivity index (χ1n) is 7.66. The highest BCUT2D eigenvalue weighted by Gasteiger charge is 2.10. The molecule has 0 aliphatic carbocycles. The van der Waals surface area contributed by atoms with E-state index in [1.165, 1.54) is 63.9 Å². The second kappa shape index (κ2) is 13.7. The molecule has 0 fully saturated rings. The number of thioether (sulfide) groups is 1. The molecule has 0 saturated heterocycles. The molecule has 0 aliphatic heterocycles. The highest BCUT2D eigenvalue weighted by atomic mass is 32.2. The average Bonchev–Trinajstić information content (AvgIpc) is 2.38. The Balaban J connectivity index is 3.36. The third-order valence-corrected chi connectivity index (χ3v) is 4.21. The van der Waals surface area contributed by atoms with Crippen molar-refractivity contribution in [2.45, 2.75) is 58.4 Å². The van der Waals surface area contributed by atoms with Crippen molar-refractivity contribution in [1.82, 2.24) is 10.2 Å². The molecule has 0 spiro atoms. The third kappa shape index (κ3) is 10.2. The summed E-state index contributed by atoms with van der Waals surface area (Å²) in [5.41, 5.74) is 0. The molecule has 0 radical (unpaired) electrons. The predicted octanol–water partition coefficient (Wildman–Crippen LogP) is 3.62. The maximum Gasteiger partial charge on any atom is 0.0180 e. The van der Waals surface area contributed by atoms with Crippen LogP contribution in [0.15, 0.2) is 0 Å². The Morgan fingerprint density at radius 1 is 1.06 bits per heavy atom. The summed E-state index contributed by atoms with van der Waals surface area (Å²) in [7, 11) is 2.28. The minimum atomic E-state index is 0.770. The number of nitrogens with one attached hydrogen (secondary N) is 1. The minimum Gasteiger partial charge on any atom is -0.317 e. The molecule has 110 valence electrons. The van der Waals surface area contributed by atoms with Gasteiger partial charge in [-0.05, 0) is 58.6 Å². The van der Waals surface area contributed by atoms with Crippen LogP contribution in [0.1, 0.15) is 52.4 Å². The SMILES string of the molecule is CCCNCCCCCCN(C)C(CC)CSC. The summed E-state index contributed by atoms with van der Waals surface area (Å²) in [6, 6.07) is 0.770. The molecule has 0 aromatic rings. The van der Waals surface area contributed by atoms with Crippen molar-refractivity contribution >= 4 is 11.8 Å². The zero-order valence-electron chi connectivity index (χ0n) is 13.0. The quantitative estimate of drug-likeness (QED) is 0.516. The molecule has 0 aliphatic rings. The van der Waals surface area contributed by atoms with Crippen LogP contribution in [-0.2, 0) is 0 Å². The van der Waals surface area contributed by atoms with Crippen molar-refractivity contribution < 1.29 is 0 Å². The van der Waals surface area contributed by atoms with Crippen molar-refractivity contribution in [2.75, 3.05) is 38.7 Å². The Bertz CT molecular complexity index is 165. The first-order valence-corrected chi connectivity index (χ1v) is 9.05. The molecule has 0 aromatic heterocycles. The van der Waals surface area contributed by atoms with Gasteiger partial charge in [-0.3, -0.25) is 0 Å². The van der Waals surface area contributed by atoms with Crippen LogP contribution >= 0.6 is 11.8 Å². The molecule has 1 N–H and O–H groups in total. The minimum absolute atomic E-state index is 0.770. The molecule has 3 heteroatoms. The Kier molecular flexibility index (Phi) is 13.9. The summed E-state index contributed by atoms with van der Waals surface area (Å²) >= 11 is 1.97. The highest BCUT2D eigenvalue weighted by molar-refractivity contribution is 7.98. The number of nitrogens with zero attached hydrogens (tertiary/aromatic N) is 1. The fraction of sp³-hybridized carbons (Fsp3) is 1.00. The standard InChI is InChI=1S/C15H34N2S/c1-5-11-16-12-9-7-8-10-13-17(3)15(6-2)14-18-4/h15-16H,5-14H2,1-4H3. The molecule has 0 bridgehead atoms. The smallest absolute Gasteiger partial charge is 0.0180 e. The van der Waals surface area contributed by atoms with Crippen LogP contribution in [0.4, 0.5) is 0 Å². The largest absolute Gasteiger partial charge is 0.317 e. The lowest BCUT2D eigenvalue weighted by molar-refractivity contribution is 0.250. The molecular formula is C15H34N2S. The number of hydrogen-bond donors (Lipinski definition) is 1. The van der Waals surface area contributed by atoms with Gasteiger partial charge >= 0.3 is 0 Å². The summed E-state index contributed by atoms with van der Waals surface area (Å²) < 4.78 is 0.